The SMILES string of the molecule is CO/N=C/c1ccc(C(=O)NCC(=O)NC(C)(C)C)cc1. The van der Waals surface area contributed by atoms with Crippen LogP contribution in [0.4, 0.5) is 0 Å². The monoisotopic (exact) mass is 291 g/mol. The fraction of sp³-hybridized carbons (Fsp3) is 0.400. The van der Waals surface area contributed by atoms with Crippen molar-refractivity contribution in [3.8, 4) is 0 Å². The molecular weight excluding hydrogens is 270 g/mol. The molecule has 0 unspecified atom stereocenters. The van der Waals surface area contributed by atoms with Gasteiger partial charge in [0, 0.05) is 11.1 Å². The van der Waals surface area contributed by atoms with E-state index in [1.54, 1.807) is 30.5 Å². The van der Waals surface area contributed by atoms with E-state index in [0.29, 0.717) is 5.56 Å². The summed E-state index contributed by atoms with van der Waals surface area (Å²) < 4.78 is 0. The van der Waals surface area contributed by atoms with Crippen LogP contribution in [0.1, 0.15) is 36.7 Å². The minimum absolute atomic E-state index is 0.0526. The first kappa shape index (κ1) is 16.7. The summed E-state index contributed by atoms with van der Waals surface area (Å²) in [5.74, 6) is -0.519. The van der Waals surface area contributed by atoms with E-state index in [1.807, 2.05) is 20.8 Å². The van der Waals surface area contributed by atoms with E-state index >= 15 is 0 Å². The lowest BCUT2D eigenvalue weighted by molar-refractivity contribution is -0.121. The third-order valence-corrected chi connectivity index (χ3v) is 2.40. The van der Waals surface area contributed by atoms with Gasteiger partial charge < -0.3 is 15.5 Å². The van der Waals surface area contributed by atoms with Crippen molar-refractivity contribution in [1.29, 1.82) is 0 Å². The Labute approximate surface area is 124 Å². The van der Waals surface area contributed by atoms with Crippen molar-refractivity contribution in [2.45, 2.75) is 26.3 Å². The summed E-state index contributed by atoms with van der Waals surface area (Å²) in [4.78, 5) is 28.1. The molecule has 2 N–H and O–H groups in total. The molecule has 0 saturated heterocycles. The summed E-state index contributed by atoms with van der Waals surface area (Å²) in [7, 11) is 1.46. The van der Waals surface area contributed by atoms with Gasteiger partial charge >= 0.3 is 0 Å². The van der Waals surface area contributed by atoms with Crippen molar-refractivity contribution in [2.75, 3.05) is 13.7 Å². The Morgan fingerprint density at radius 3 is 2.38 bits per heavy atom. The maximum Gasteiger partial charge on any atom is 0.251 e. The van der Waals surface area contributed by atoms with Gasteiger partial charge in [-0.1, -0.05) is 17.3 Å². The number of oxime groups is 1. The maximum atomic E-state index is 11.9. The minimum Gasteiger partial charge on any atom is -0.399 e. The number of rotatable bonds is 5. The minimum atomic E-state index is -0.315. The molecule has 0 heterocycles. The van der Waals surface area contributed by atoms with Crippen LogP contribution in [0.3, 0.4) is 0 Å². The first-order valence-electron chi connectivity index (χ1n) is 6.57. The molecule has 1 aromatic rings. The molecule has 114 valence electrons. The van der Waals surface area contributed by atoms with Gasteiger partial charge in [-0.05, 0) is 38.5 Å². The van der Waals surface area contributed by atoms with Crippen molar-refractivity contribution >= 4 is 18.0 Å². The van der Waals surface area contributed by atoms with E-state index < -0.39 is 0 Å². The zero-order chi connectivity index (χ0) is 15.9. The molecule has 0 bridgehead atoms. The molecule has 0 atom stereocenters. The second-order valence-corrected chi connectivity index (χ2v) is 5.52. The van der Waals surface area contributed by atoms with Gasteiger partial charge in [0.05, 0.1) is 12.8 Å². The number of carbonyl (C=O) groups is 2. The third kappa shape index (κ3) is 6.56. The van der Waals surface area contributed by atoms with Crippen LogP contribution in [0.2, 0.25) is 0 Å². The summed E-state index contributed by atoms with van der Waals surface area (Å²) in [6, 6.07) is 6.81. The van der Waals surface area contributed by atoms with Crippen LogP contribution in [0.5, 0.6) is 0 Å². The molecule has 0 radical (unpaired) electrons. The first-order chi connectivity index (χ1) is 9.81. The van der Waals surface area contributed by atoms with E-state index in [4.69, 9.17) is 0 Å². The van der Waals surface area contributed by atoms with Crippen LogP contribution in [-0.2, 0) is 9.63 Å². The lowest BCUT2D eigenvalue weighted by Crippen LogP contribution is -2.45. The van der Waals surface area contributed by atoms with Gasteiger partial charge in [0.1, 0.15) is 7.11 Å². The van der Waals surface area contributed by atoms with Crippen LogP contribution in [0.15, 0.2) is 29.4 Å². The Kier molecular flexibility index (Phi) is 5.90. The number of benzene rings is 1. The molecule has 0 fully saturated rings. The van der Waals surface area contributed by atoms with Gasteiger partial charge in [0.15, 0.2) is 0 Å². The van der Waals surface area contributed by atoms with Gasteiger partial charge in [0.25, 0.3) is 5.91 Å². The highest BCUT2D eigenvalue weighted by atomic mass is 16.6. The standard InChI is InChI=1S/C15H21N3O3/c1-15(2,3)18-13(19)10-16-14(20)12-7-5-11(6-8-12)9-17-21-4/h5-9H,10H2,1-4H3,(H,16,20)(H,18,19)/b17-9+. The molecule has 21 heavy (non-hydrogen) atoms. The lowest BCUT2D eigenvalue weighted by atomic mass is 10.1. The smallest absolute Gasteiger partial charge is 0.251 e. The Bertz CT molecular complexity index is 516. The molecule has 0 saturated carbocycles. The topological polar surface area (TPSA) is 79.8 Å². The number of nitrogens with one attached hydrogen (secondary N) is 2. The molecule has 6 nitrogen and oxygen atoms in total. The number of amides is 2. The molecule has 0 aliphatic rings. The Hall–Kier alpha value is -2.37. The molecule has 6 heteroatoms. The average molecular weight is 291 g/mol. The number of hydrogen-bond donors (Lipinski definition) is 2. The predicted octanol–water partition coefficient (Wildman–Crippen LogP) is 1.31. The van der Waals surface area contributed by atoms with E-state index in [2.05, 4.69) is 20.6 Å². The van der Waals surface area contributed by atoms with Crippen LogP contribution in [-0.4, -0.2) is 37.2 Å². The zero-order valence-corrected chi connectivity index (χ0v) is 12.8. The van der Waals surface area contributed by atoms with Gasteiger partial charge in [-0.3, -0.25) is 9.59 Å². The molecule has 0 spiro atoms. The summed E-state index contributed by atoms with van der Waals surface area (Å²) in [5.41, 5.74) is 0.983. The van der Waals surface area contributed by atoms with E-state index in [-0.39, 0.29) is 23.9 Å². The molecule has 0 aliphatic heterocycles. The van der Waals surface area contributed by atoms with E-state index in [9.17, 15) is 9.59 Å². The highest BCUT2D eigenvalue weighted by Gasteiger charge is 2.14. The van der Waals surface area contributed by atoms with Crippen molar-refractivity contribution in [3.05, 3.63) is 35.4 Å². The summed E-state index contributed by atoms with van der Waals surface area (Å²) in [6.45, 7) is 5.59. The average Bonchev–Trinajstić information content (AvgIpc) is 2.41. The zero-order valence-electron chi connectivity index (χ0n) is 12.8. The fourth-order valence-electron chi connectivity index (χ4n) is 1.56. The number of hydrogen-bond acceptors (Lipinski definition) is 4. The van der Waals surface area contributed by atoms with Crippen molar-refractivity contribution in [2.24, 2.45) is 5.16 Å². The number of carbonyl (C=O) groups excluding carboxylic acids is 2. The molecule has 1 aromatic carbocycles. The van der Waals surface area contributed by atoms with Gasteiger partial charge in [-0.2, -0.15) is 0 Å². The highest BCUT2D eigenvalue weighted by molar-refractivity contribution is 5.97. The van der Waals surface area contributed by atoms with Gasteiger partial charge in [-0.15, -0.1) is 0 Å². The van der Waals surface area contributed by atoms with Crippen LogP contribution in [0.25, 0.3) is 0 Å². The van der Waals surface area contributed by atoms with Crippen LogP contribution >= 0.6 is 0 Å². The second-order valence-electron chi connectivity index (χ2n) is 5.52. The fourth-order valence-corrected chi connectivity index (χ4v) is 1.56. The molecule has 0 aliphatic carbocycles. The lowest BCUT2D eigenvalue weighted by Gasteiger charge is -2.20. The van der Waals surface area contributed by atoms with E-state index in [0.717, 1.165) is 5.56 Å². The van der Waals surface area contributed by atoms with Crippen LogP contribution in [0, 0.1) is 0 Å². The first-order valence-corrected chi connectivity index (χ1v) is 6.57. The Morgan fingerprint density at radius 1 is 1.24 bits per heavy atom. The summed E-state index contributed by atoms with van der Waals surface area (Å²) >= 11 is 0. The molecule has 2 amide bonds. The van der Waals surface area contributed by atoms with Gasteiger partial charge in [0.2, 0.25) is 5.91 Å². The van der Waals surface area contributed by atoms with Crippen molar-refractivity contribution in [1.82, 2.24) is 10.6 Å². The highest BCUT2D eigenvalue weighted by Crippen LogP contribution is 2.03. The summed E-state index contributed by atoms with van der Waals surface area (Å²) in [6.07, 6.45) is 1.54. The quantitative estimate of drug-likeness (QED) is 0.634. The molecule has 1 rings (SSSR count). The Morgan fingerprint density at radius 2 is 1.86 bits per heavy atom. The number of nitrogens with zero attached hydrogens (tertiary/aromatic N) is 1. The third-order valence-electron chi connectivity index (χ3n) is 2.40. The molecular formula is C15H21N3O3. The predicted molar refractivity (Wildman–Crippen MR) is 81.3 cm³/mol. The van der Waals surface area contributed by atoms with Crippen molar-refractivity contribution < 1.29 is 14.4 Å². The molecule has 0 aromatic heterocycles. The van der Waals surface area contributed by atoms with Crippen molar-refractivity contribution in [3.63, 3.8) is 0 Å². The Balaban J connectivity index is 2.52. The second kappa shape index (κ2) is 7.42. The van der Waals surface area contributed by atoms with Gasteiger partial charge in [-0.25, -0.2) is 0 Å². The normalized spacial score (nSPS) is 11.2. The van der Waals surface area contributed by atoms with Crippen LogP contribution < -0.4 is 10.6 Å². The maximum absolute atomic E-state index is 11.9. The van der Waals surface area contributed by atoms with E-state index in [1.165, 1.54) is 7.11 Å². The summed E-state index contributed by atoms with van der Waals surface area (Å²) in [5, 5.41) is 8.98. The largest absolute Gasteiger partial charge is 0.399 e.